The molecule has 2 saturated heterocycles. The van der Waals surface area contributed by atoms with Crippen molar-refractivity contribution in [3.63, 3.8) is 0 Å². The first kappa shape index (κ1) is 36.2. The fourth-order valence-electron chi connectivity index (χ4n) is 8.21. The summed E-state index contributed by atoms with van der Waals surface area (Å²) in [6, 6.07) is 24.8. The maximum Gasteiger partial charge on any atom is 0.410 e. The number of rotatable bonds is 13. The van der Waals surface area contributed by atoms with Crippen LogP contribution in [0, 0.1) is 0 Å². The molecule has 0 radical (unpaired) electrons. The third-order valence-electron chi connectivity index (χ3n) is 11.1. The second-order valence-electron chi connectivity index (χ2n) is 14.6. The van der Waals surface area contributed by atoms with Crippen molar-refractivity contribution in [2.45, 2.75) is 88.7 Å². The Labute approximate surface area is 307 Å². The summed E-state index contributed by atoms with van der Waals surface area (Å²) in [5.41, 5.74) is 3.79. The summed E-state index contributed by atoms with van der Waals surface area (Å²) in [5, 5.41) is 0. The van der Waals surface area contributed by atoms with Crippen molar-refractivity contribution in [3.05, 3.63) is 89.5 Å². The first-order chi connectivity index (χ1) is 25.5. The van der Waals surface area contributed by atoms with Gasteiger partial charge in [-0.15, -0.1) is 0 Å². The molecule has 3 fully saturated rings. The van der Waals surface area contributed by atoms with E-state index in [-0.39, 0.29) is 43.3 Å². The molecule has 0 aromatic heterocycles. The van der Waals surface area contributed by atoms with E-state index in [4.69, 9.17) is 23.7 Å². The maximum atomic E-state index is 13.3. The lowest BCUT2D eigenvalue weighted by Gasteiger charge is -2.38. The molecular weight excluding hydrogens is 658 g/mol. The van der Waals surface area contributed by atoms with E-state index >= 15 is 0 Å². The number of methoxy groups -OCH3 is 1. The third-order valence-corrected chi connectivity index (χ3v) is 11.1. The van der Waals surface area contributed by atoms with Crippen molar-refractivity contribution >= 4 is 17.7 Å². The Morgan fingerprint density at radius 1 is 0.865 bits per heavy atom. The third kappa shape index (κ3) is 9.08. The van der Waals surface area contributed by atoms with Crippen LogP contribution in [0.4, 0.5) is 10.5 Å². The van der Waals surface area contributed by atoms with E-state index in [0.717, 1.165) is 61.0 Å². The molecule has 1 saturated carbocycles. The van der Waals surface area contributed by atoms with Crippen LogP contribution in [0.5, 0.6) is 11.5 Å². The van der Waals surface area contributed by atoms with E-state index in [9.17, 15) is 9.59 Å². The fraction of sp³-hybridized carbons (Fsp3) is 0.524. The Morgan fingerprint density at radius 2 is 1.69 bits per heavy atom. The minimum Gasteiger partial charge on any atom is -0.489 e. The van der Waals surface area contributed by atoms with E-state index in [2.05, 4.69) is 29.2 Å². The Balaban J connectivity index is 1.02. The Morgan fingerprint density at radius 3 is 2.50 bits per heavy atom. The summed E-state index contributed by atoms with van der Waals surface area (Å²) in [6.45, 7) is 4.81. The number of benzene rings is 3. The normalized spacial score (nSPS) is 22.6. The standard InChI is InChI=1S/C42H53N3O7/c1-48-24-8-21-45-38-25-32(13-18-39(38)50-30-41(45)46)29-49-40-27-44(42(47)51-28-31-9-4-2-5-10-31)23-20-37(40)33-14-16-35(17-15-33)52-36-19-22-43(26-36)34-11-6-3-7-12-34/h2,4-5,9-10,13-18,25,34,36-37,40H,3,6-8,11-12,19-24,26-30H2,1H3/t36-,37?,40?/m0/s1. The van der Waals surface area contributed by atoms with Gasteiger partial charge >= 0.3 is 6.09 Å². The van der Waals surface area contributed by atoms with Gasteiger partial charge in [0.15, 0.2) is 6.61 Å². The van der Waals surface area contributed by atoms with Gasteiger partial charge in [0.05, 0.1) is 24.9 Å². The summed E-state index contributed by atoms with van der Waals surface area (Å²) >= 11 is 0. The second kappa shape index (κ2) is 17.6. The van der Waals surface area contributed by atoms with Crippen LogP contribution in [-0.2, 0) is 32.2 Å². The smallest absolute Gasteiger partial charge is 0.410 e. The number of piperidine rings is 1. The highest BCUT2D eigenvalue weighted by molar-refractivity contribution is 5.97. The van der Waals surface area contributed by atoms with Gasteiger partial charge in [0.2, 0.25) is 0 Å². The maximum absolute atomic E-state index is 13.3. The Bertz CT molecular complexity index is 1610. The van der Waals surface area contributed by atoms with Crippen molar-refractivity contribution in [1.82, 2.24) is 9.80 Å². The molecule has 3 aromatic carbocycles. The molecule has 3 atom stereocenters. The molecule has 3 heterocycles. The molecule has 2 unspecified atom stereocenters. The number of hydrogen-bond donors (Lipinski definition) is 0. The van der Waals surface area contributed by atoms with Crippen molar-refractivity contribution < 1.29 is 33.3 Å². The lowest BCUT2D eigenvalue weighted by Crippen LogP contribution is -2.47. The van der Waals surface area contributed by atoms with Crippen molar-refractivity contribution in [1.29, 1.82) is 0 Å². The minimum atomic E-state index is -0.338. The molecule has 3 aliphatic heterocycles. The van der Waals surface area contributed by atoms with Crippen LogP contribution in [0.25, 0.3) is 0 Å². The number of fused-ring (bicyclic) bond motifs is 1. The summed E-state index contributed by atoms with van der Waals surface area (Å²) in [6.07, 6.45) is 8.88. The van der Waals surface area contributed by atoms with Crippen LogP contribution in [0.3, 0.4) is 0 Å². The molecule has 1 aliphatic carbocycles. The monoisotopic (exact) mass is 711 g/mol. The molecule has 0 bridgehead atoms. The van der Waals surface area contributed by atoms with Crippen LogP contribution in [0.15, 0.2) is 72.8 Å². The van der Waals surface area contributed by atoms with Crippen molar-refractivity contribution in [2.24, 2.45) is 0 Å². The van der Waals surface area contributed by atoms with Gasteiger partial charge in [-0.25, -0.2) is 4.79 Å². The summed E-state index contributed by atoms with van der Waals surface area (Å²) in [5.74, 6) is 1.60. The minimum absolute atomic E-state index is 0.0270. The number of nitrogens with zero attached hydrogens (tertiary/aromatic N) is 3. The van der Waals surface area contributed by atoms with Gasteiger partial charge in [-0.05, 0) is 73.1 Å². The number of amides is 2. The van der Waals surface area contributed by atoms with Crippen LogP contribution in [0.1, 0.15) is 74.0 Å². The number of ether oxygens (including phenoxy) is 5. The molecule has 52 heavy (non-hydrogen) atoms. The highest BCUT2D eigenvalue weighted by atomic mass is 16.6. The Hall–Kier alpha value is -4.12. The molecular formula is C42H53N3O7. The van der Waals surface area contributed by atoms with Gasteiger partial charge in [-0.1, -0.05) is 67.8 Å². The average molecular weight is 712 g/mol. The predicted molar refractivity (Wildman–Crippen MR) is 199 cm³/mol. The molecule has 278 valence electrons. The molecule has 0 spiro atoms. The van der Waals surface area contributed by atoms with Crippen molar-refractivity contribution in [2.75, 3.05) is 57.9 Å². The van der Waals surface area contributed by atoms with E-state index in [1.807, 2.05) is 48.5 Å². The van der Waals surface area contributed by atoms with E-state index in [1.54, 1.807) is 16.9 Å². The zero-order chi connectivity index (χ0) is 35.7. The second-order valence-corrected chi connectivity index (χ2v) is 14.6. The lowest BCUT2D eigenvalue weighted by atomic mass is 9.87. The van der Waals surface area contributed by atoms with Crippen LogP contribution in [0.2, 0.25) is 0 Å². The molecule has 10 nitrogen and oxygen atoms in total. The largest absolute Gasteiger partial charge is 0.489 e. The topological polar surface area (TPSA) is 90.0 Å². The summed E-state index contributed by atoms with van der Waals surface area (Å²) < 4.78 is 29.9. The van der Waals surface area contributed by atoms with Crippen LogP contribution in [-0.4, -0.2) is 93.1 Å². The summed E-state index contributed by atoms with van der Waals surface area (Å²) in [4.78, 5) is 32.2. The highest BCUT2D eigenvalue weighted by Gasteiger charge is 2.35. The zero-order valence-corrected chi connectivity index (χ0v) is 30.5. The van der Waals surface area contributed by atoms with Gasteiger partial charge in [-0.2, -0.15) is 0 Å². The van der Waals surface area contributed by atoms with Crippen LogP contribution >= 0.6 is 0 Å². The molecule has 0 N–H and O–H groups in total. The molecule has 3 aromatic rings. The molecule has 4 aliphatic rings. The van der Waals surface area contributed by atoms with Crippen LogP contribution < -0.4 is 14.4 Å². The van der Waals surface area contributed by atoms with Gasteiger partial charge in [0.25, 0.3) is 5.91 Å². The predicted octanol–water partition coefficient (Wildman–Crippen LogP) is 6.95. The van der Waals surface area contributed by atoms with Gasteiger partial charge in [-0.3, -0.25) is 9.69 Å². The number of carbonyl (C=O) groups is 2. The summed E-state index contributed by atoms with van der Waals surface area (Å²) in [7, 11) is 1.66. The van der Waals surface area contributed by atoms with Gasteiger partial charge in [0.1, 0.15) is 24.2 Å². The average Bonchev–Trinajstić information content (AvgIpc) is 3.66. The van der Waals surface area contributed by atoms with E-state index in [0.29, 0.717) is 38.6 Å². The molecule has 10 heteroatoms. The SMILES string of the molecule is COCCCN1C(=O)COc2ccc(COC3CN(C(=O)OCc4ccccc4)CCC3c3ccc(O[C@H]4CCN(C5CCCCC5)C4)cc3)cc21. The first-order valence-corrected chi connectivity index (χ1v) is 19.2. The Kier molecular flexibility index (Phi) is 12.3. The zero-order valence-electron chi connectivity index (χ0n) is 30.5. The number of anilines is 1. The molecule has 7 rings (SSSR count). The quantitative estimate of drug-likeness (QED) is 0.176. The van der Waals surface area contributed by atoms with Gasteiger partial charge in [0, 0.05) is 51.9 Å². The lowest BCUT2D eigenvalue weighted by molar-refractivity contribution is -0.121. The van der Waals surface area contributed by atoms with E-state index < -0.39 is 0 Å². The van der Waals surface area contributed by atoms with E-state index in [1.165, 1.54) is 37.7 Å². The highest BCUT2D eigenvalue weighted by Crippen LogP contribution is 2.36. The first-order valence-electron chi connectivity index (χ1n) is 19.2. The van der Waals surface area contributed by atoms with Gasteiger partial charge < -0.3 is 33.5 Å². The number of carbonyl (C=O) groups excluding carboxylic acids is 2. The molecule has 2 amide bonds. The number of likely N-dealkylation sites (tertiary alicyclic amines) is 2. The fourth-order valence-corrected chi connectivity index (χ4v) is 8.21. The van der Waals surface area contributed by atoms with Crippen molar-refractivity contribution in [3.8, 4) is 11.5 Å². The number of hydrogen-bond acceptors (Lipinski definition) is 8.